The highest BCUT2D eigenvalue weighted by Crippen LogP contribution is 2.68. The van der Waals surface area contributed by atoms with Crippen molar-refractivity contribution in [2.75, 3.05) is 7.11 Å². The van der Waals surface area contributed by atoms with Crippen LogP contribution in [0.1, 0.15) is 119 Å². The highest BCUT2D eigenvalue weighted by atomic mass is 16.5. The fourth-order valence-electron chi connectivity index (χ4n) is 10.1. The molecule has 1 nitrogen and oxygen atoms in total. The van der Waals surface area contributed by atoms with Crippen LogP contribution in [0.4, 0.5) is 0 Å². The molecule has 1 heteroatoms. The molecule has 0 aliphatic heterocycles. The number of ether oxygens (including phenoxy) is 1. The molecule has 4 rings (SSSR count). The van der Waals surface area contributed by atoms with E-state index in [1.165, 1.54) is 77.0 Å². The summed E-state index contributed by atoms with van der Waals surface area (Å²) in [6, 6.07) is 0. The molecule has 4 aliphatic carbocycles. The lowest BCUT2D eigenvalue weighted by Crippen LogP contribution is -2.54. The predicted octanol–water partition coefficient (Wildman–Crippen LogP) is 8.76. The molecule has 4 aliphatic rings. The molecule has 0 N–H and O–H groups in total. The van der Waals surface area contributed by atoms with Gasteiger partial charge >= 0.3 is 0 Å². The number of rotatable bonds is 7. The smallest absolute Gasteiger partial charge is 0.0574 e. The van der Waals surface area contributed by atoms with Crippen LogP contribution in [0.25, 0.3) is 0 Å². The molecular formula is C30H54O. The van der Waals surface area contributed by atoms with Gasteiger partial charge in [-0.05, 0) is 122 Å². The Morgan fingerprint density at radius 3 is 2.23 bits per heavy atom. The Kier molecular flexibility index (Phi) is 7.23. The monoisotopic (exact) mass is 430 g/mol. The second-order valence-electron chi connectivity index (χ2n) is 13.5. The average Bonchev–Trinajstić information content (AvgIpc) is 3.10. The van der Waals surface area contributed by atoms with Gasteiger partial charge in [-0.25, -0.2) is 0 Å². The molecule has 0 aromatic rings. The normalized spacial score (nSPS) is 46.8. The number of fused-ring (bicyclic) bond motifs is 5. The molecule has 4 fully saturated rings. The van der Waals surface area contributed by atoms with E-state index in [4.69, 9.17) is 4.74 Å². The minimum atomic E-state index is 0.540. The molecule has 10 atom stereocenters. The fraction of sp³-hybridized carbons (Fsp3) is 1.00. The zero-order chi connectivity index (χ0) is 22.4. The Bertz CT molecular complexity index is 597. The third-order valence-corrected chi connectivity index (χ3v) is 12.2. The van der Waals surface area contributed by atoms with Crippen LogP contribution < -0.4 is 0 Å². The first-order chi connectivity index (χ1) is 14.7. The molecule has 4 saturated carbocycles. The van der Waals surface area contributed by atoms with Crippen molar-refractivity contribution in [1.82, 2.24) is 0 Å². The van der Waals surface area contributed by atoms with E-state index in [1.54, 1.807) is 0 Å². The number of methoxy groups -OCH3 is 1. The zero-order valence-electron chi connectivity index (χ0n) is 22.1. The molecule has 180 valence electrons. The van der Waals surface area contributed by atoms with E-state index in [0.717, 1.165) is 47.3 Å². The van der Waals surface area contributed by atoms with E-state index in [-0.39, 0.29) is 0 Å². The molecule has 0 aromatic heterocycles. The maximum absolute atomic E-state index is 5.81. The molecule has 0 bridgehead atoms. The van der Waals surface area contributed by atoms with Crippen LogP contribution in [-0.4, -0.2) is 13.2 Å². The standard InChI is InChI=1S/C30H54O/c1-8-22(20(2)3)10-9-21(4)26-13-14-27-25-12-11-23-19-24(31-7)15-17-29(23,5)28(25)16-18-30(26,27)6/h20-28H,8-19H2,1-7H3/t21-,22?,23?,24?,25+,26?,27?,28?,29?,30?/m1/s1. The van der Waals surface area contributed by atoms with Gasteiger partial charge in [0, 0.05) is 7.11 Å². The first-order valence-corrected chi connectivity index (χ1v) is 14.3. The summed E-state index contributed by atoms with van der Waals surface area (Å²) < 4.78 is 5.81. The van der Waals surface area contributed by atoms with E-state index < -0.39 is 0 Å². The van der Waals surface area contributed by atoms with E-state index >= 15 is 0 Å². The maximum Gasteiger partial charge on any atom is 0.0574 e. The Balaban J connectivity index is 1.44. The molecule has 0 radical (unpaired) electrons. The van der Waals surface area contributed by atoms with Crippen molar-refractivity contribution in [3.63, 3.8) is 0 Å². The van der Waals surface area contributed by atoms with E-state index in [0.29, 0.717) is 16.9 Å². The van der Waals surface area contributed by atoms with E-state index in [1.807, 2.05) is 7.11 Å². The van der Waals surface area contributed by atoms with Crippen LogP contribution in [0.2, 0.25) is 0 Å². The van der Waals surface area contributed by atoms with E-state index in [9.17, 15) is 0 Å². The Morgan fingerprint density at radius 2 is 1.55 bits per heavy atom. The highest BCUT2D eigenvalue weighted by Gasteiger charge is 2.60. The minimum absolute atomic E-state index is 0.540. The Morgan fingerprint density at radius 1 is 0.839 bits per heavy atom. The summed E-state index contributed by atoms with van der Waals surface area (Å²) in [6.45, 7) is 15.4. The Labute approximate surface area is 194 Å². The zero-order valence-corrected chi connectivity index (χ0v) is 22.1. The van der Waals surface area contributed by atoms with Gasteiger partial charge in [-0.15, -0.1) is 0 Å². The van der Waals surface area contributed by atoms with Gasteiger partial charge in [0.05, 0.1) is 6.10 Å². The lowest BCUT2D eigenvalue weighted by Gasteiger charge is -2.61. The van der Waals surface area contributed by atoms with Crippen molar-refractivity contribution in [3.8, 4) is 0 Å². The van der Waals surface area contributed by atoms with Gasteiger partial charge in [0.25, 0.3) is 0 Å². The molecule has 0 spiro atoms. The quantitative estimate of drug-likeness (QED) is 0.392. The van der Waals surface area contributed by atoms with E-state index in [2.05, 4.69) is 41.5 Å². The van der Waals surface area contributed by atoms with Crippen LogP contribution in [-0.2, 0) is 4.74 Å². The van der Waals surface area contributed by atoms with Gasteiger partial charge in [0.1, 0.15) is 0 Å². The van der Waals surface area contributed by atoms with Crippen LogP contribution in [0, 0.1) is 58.2 Å². The van der Waals surface area contributed by atoms with Crippen molar-refractivity contribution >= 4 is 0 Å². The minimum Gasteiger partial charge on any atom is -0.381 e. The Hall–Kier alpha value is -0.0400. The van der Waals surface area contributed by atoms with Crippen molar-refractivity contribution in [3.05, 3.63) is 0 Å². The molecule has 8 unspecified atom stereocenters. The van der Waals surface area contributed by atoms with Gasteiger partial charge in [-0.2, -0.15) is 0 Å². The number of hydrogen-bond acceptors (Lipinski definition) is 1. The van der Waals surface area contributed by atoms with Gasteiger partial charge in [0.15, 0.2) is 0 Å². The summed E-state index contributed by atoms with van der Waals surface area (Å²) in [4.78, 5) is 0. The second-order valence-corrected chi connectivity index (χ2v) is 13.5. The first kappa shape index (κ1) is 24.1. The summed E-state index contributed by atoms with van der Waals surface area (Å²) in [7, 11) is 1.94. The molecular weight excluding hydrogens is 376 g/mol. The average molecular weight is 431 g/mol. The molecule has 0 heterocycles. The van der Waals surface area contributed by atoms with Crippen molar-refractivity contribution in [1.29, 1.82) is 0 Å². The molecule has 0 amide bonds. The van der Waals surface area contributed by atoms with Crippen LogP contribution in [0.5, 0.6) is 0 Å². The first-order valence-electron chi connectivity index (χ1n) is 14.3. The van der Waals surface area contributed by atoms with Crippen LogP contribution >= 0.6 is 0 Å². The lowest BCUT2D eigenvalue weighted by atomic mass is 9.44. The lowest BCUT2D eigenvalue weighted by molar-refractivity contribution is -0.133. The molecule has 0 aromatic carbocycles. The molecule has 0 saturated heterocycles. The summed E-state index contributed by atoms with van der Waals surface area (Å²) in [6.07, 6.45) is 18.0. The molecule has 31 heavy (non-hydrogen) atoms. The van der Waals surface area contributed by atoms with Gasteiger partial charge in [-0.1, -0.05) is 54.4 Å². The highest BCUT2D eigenvalue weighted by molar-refractivity contribution is 5.09. The third-order valence-electron chi connectivity index (χ3n) is 12.2. The summed E-state index contributed by atoms with van der Waals surface area (Å²) in [5.41, 5.74) is 1.24. The van der Waals surface area contributed by atoms with Crippen molar-refractivity contribution < 1.29 is 4.74 Å². The van der Waals surface area contributed by atoms with Crippen LogP contribution in [0.15, 0.2) is 0 Å². The van der Waals surface area contributed by atoms with Gasteiger partial charge in [-0.3, -0.25) is 0 Å². The van der Waals surface area contributed by atoms with Gasteiger partial charge < -0.3 is 4.74 Å². The summed E-state index contributed by atoms with van der Waals surface area (Å²) >= 11 is 0. The van der Waals surface area contributed by atoms with Gasteiger partial charge in [0.2, 0.25) is 0 Å². The largest absolute Gasteiger partial charge is 0.381 e. The predicted molar refractivity (Wildman–Crippen MR) is 133 cm³/mol. The topological polar surface area (TPSA) is 9.23 Å². The summed E-state index contributed by atoms with van der Waals surface area (Å²) in [5, 5.41) is 0. The third kappa shape index (κ3) is 4.17. The number of hydrogen-bond donors (Lipinski definition) is 0. The SMILES string of the molecule is CCC(CC[C@@H](C)C1CCC2[C@@H]3CCC4CC(OC)CCC4(C)C3CCC21C)C(C)C. The summed E-state index contributed by atoms with van der Waals surface area (Å²) in [5.74, 6) is 7.65. The van der Waals surface area contributed by atoms with Crippen LogP contribution in [0.3, 0.4) is 0 Å². The van der Waals surface area contributed by atoms with Crippen molar-refractivity contribution in [2.24, 2.45) is 58.2 Å². The second kappa shape index (κ2) is 9.31. The van der Waals surface area contributed by atoms with Crippen molar-refractivity contribution in [2.45, 2.75) is 125 Å². The maximum atomic E-state index is 5.81. The fourth-order valence-corrected chi connectivity index (χ4v) is 10.1.